The molecule has 0 radical (unpaired) electrons. The van der Waals surface area contributed by atoms with Crippen LogP contribution in [0.15, 0.2) is 24.3 Å². The summed E-state index contributed by atoms with van der Waals surface area (Å²) < 4.78 is 38.5. The van der Waals surface area contributed by atoms with Crippen molar-refractivity contribution in [2.24, 2.45) is 11.7 Å². The molecule has 2 atom stereocenters. The van der Waals surface area contributed by atoms with Gasteiger partial charge in [0.1, 0.15) is 0 Å². The van der Waals surface area contributed by atoms with E-state index in [9.17, 15) is 13.2 Å². The van der Waals surface area contributed by atoms with Gasteiger partial charge in [-0.3, -0.25) is 0 Å². The number of hydrogen-bond acceptors (Lipinski definition) is 1. The first-order valence-corrected chi connectivity index (χ1v) is 6.24. The van der Waals surface area contributed by atoms with Gasteiger partial charge in [0.2, 0.25) is 0 Å². The molecule has 100 valence electrons. The van der Waals surface area contributed by atoms with Crippen molar-refractivity contribution in [2.45, 2.75) is 44.3 Å². The van der Waals surface area contributed by atoms with E-state index in [1.54, 1.807) is 0 Å². The Morgan fingerprint density at radius 1 is 1.33 bits per heavy atom. The number of hydrogen-bond donors (Lipinski definition) is 1. The molecule has 1 saturated carbocycles. The minimum absolute atomic E-state index is 0.0000463. The molecule has 18 heavy (non-hydrogen) atoms. The van der Waals surface area contributed by atoms with Crippen LogP contribution in [0.3, 0.4) is 0 Å². The van der Waals surface area contributed by atoms with E-state index in [0.29, 0.717) is 12.8 Å². The van der Waals surface area contributed by atoms with Crippen LogP contribution in [0.4, 0.5) is 13.2 Å². The first-order valence-electron chi connectivity index (χ1n) is 6.24. The highest BCUT2D eigenvalue weighted by Crippen LogP contribution is 2.44. The van der Waals surface area contributed by atoms with Crippen LogP contribution in [-0.2, 0) is 5.54 Å². The standard InChI is InChI=1S/C14H18F3N/c1-10-4-2-5-11(8-10)13(18)7-3-6-12(9-13)14(15,16)17/h2,4-5,8,12H,3,6-7,9,18H2,1H3. The molecule has 4 heteroatoms. The SMILES string of the molecule is Cc1cccc(C2(N)CCCC(C(F)(F)F)C2)c1. The first kappa shape index (κ1) is 13.4. The molecule has 2 N–H and O–H groups in total. The van der Waals surface area contributed by atoms with Crippen LogP contribution in [-0.4, -0.2) is 6.18 Å². The van der Waals surface area contributed by atoms with Crippen molar-refractivity contribution < 1.29 is 13.2 Å². The van der Waals surface area contributed by atoms with Gasteiger partial charge in [0.05, 0.1) is 5.92 Å². The summed E-state index contributed by atoms with van der Waals surface area (Å²) in [6.45, 7) is 1.93. The minimum atomic E-state index is -4.13. The molecule has 0 heterocycles. The van der Waals surface area contributed by atoms with Crippen molar-refractivity contribution in [2.75, 3.05) is 0 Å². The summed E-state index contributed by atoms with van der Waals surface area (Å²) >= 11 is 0. The lowest BCUT2D eigenvalue weighted by Gasteiger charge is -2.39. The first-order chi connectivity index (χ1) is 8.31. The fourth-order valence-electron chi connectivity index (χ4n) is 2.80. The average molecular weight is 257 g/mol. The summed E-state index contributed by atoms with van der Waals surface area (Å²) in [6.07, 6.45) is -2.76. The Morgan fingerprint density at radius 2 is 2.06 bits per heavy atom. The van der Waals surface area contributed by atoms with Crippen molar-refractivity contribution in [3.05, 3.63) is 35.4 Å². The van der Waals surface area contributed by atoms with Crippen LogP contribution in [0, 0.1) is 12.8 Å². The third kappa shape index (κ3) is 2.69. The molecule has 2 rings (SSSR count). The van der Waals surface area contributed by atoms with Crippen molar-refractivity contribution in [1.29, 1.82) is 0 Å². The maximum absolute atomic E-state index is 12.8. The third-order valence-corrected chi connectivity index (χ3v) is 3.84. The predicted molar refractivity (Wildman–Crippen MR) is 65.1 cm³/mol. The van der Waals surface area contributed by atoms with Gasteiger partial charge in [0.15, 0.2) is 0 Å². The number of nitrogens with two attached hydrogens (primary N) is 1. The van der Waals surface area contributed by atoms with Crippen LogP contribution in [0.1, 0.15) is 36.8 Å². The van der Waals surface area contributed by atoms with E-state index in [1.165, 1.54) is 0 Å². The number of alkyl halides is 3. The highest BCUT2D eigenvalue weighted by atomic mass is 19.4. The molecule has 0 bridgehead atoms. The van der Waals surface area contributed by atoms with Crippen LogP contribution in [0.2, 0.25) is 0 Å². The maximum atomic E-state index is 12.8. The second kappa shape index (κ2) is 4.57. The summed E-state index contributed by atoms with van der Waals surface area (Å²) in [7, 11) is 0. The van der Waals surface area contributed by atoms with E-state index in [2.05, 4.69) is 0 Å². The fraction of sp³-hybridized carbons (Fsp3) is 0.571. The molecule has 0 aromatic heterocycles. The molecule has 1 nitrogen and oxygen atoms in total. The zero-order valence-electron chi connectivity index (χ0n) is 10.4. The number of benzene rings is 1. The Balaban J connectivity index is 2.25. The zero-order valence-corrected chi connectivity index (χ0v) is 10.4. The lowest BCUT2D eigenvalue weighted by Crippen LogP contribution is -2.44. The monoisotopic (exact) mass is 257 g/mol. The summed E-state index contributed by atoms with van der Waals surface area (Å²) in [5.41, 5.74) is 7.27. The van der Waals surface area contributed by atoms with Gasteiger partial charge in [0.25, 0.3) is 0 Å². The molecular formula is C14H18F3N. The summed E-state index contributed by atoms with van der Waals surface area (Å²) in [6, 6.07) is 7.53. The van der Waals surface area contributed by atoms with Gasteiger partial charge >= 0.3 is 6.18 Å². The maximum Gasteiger partial charge on any atom is 0.391 e. The van der Waals surface area contributed by atoms with E-state index in [0.717, 1.165) is 11.1 Å². The van der Waals surface area contributed by atoms with Gasteiger partial charge in [0, 0.05) is 5.54 Å². The molecule has 0 amide bonds. The molecule has 1 fully saturated rings. The van der Waals surface area contributed by atoms with E-state index in [-0.39, 0.29) is 12.8 Å². The Hall–Kier alpha value is -1.03. The molecule has 0 aliphatic heterocycles. The summed E-state index contributed by atoms with van der Waals surface area (Å²) in [5, 5.41) is 0. The van der Waals surface area contributed by atoms with Crippen molar-refractivity contribution in [3.8, 4) is 0 Å². The van der Waals surface area contributed by atoms with Crippen molar-refractivity contribution in [1.82, 2.24) is 0 Å². The predicted octanol–water partition coefficient (Wildman–Crippen LogP) is 3.90. The van der Waals surface area contributed by atoms with Gasteiger partial charge in [-0.15, -0.1) is 0 Å². The molecule has 1 aromatic carbocycles. The molecule has 2 unspecified atom stereocenters. The zero-order chi connectivity index (χ0) is 13.4. The highest BCUT2D eigenvalue weighted by Gasteiger charge is 2.46. The summed E-state index contributed by atoms with van der Waals surface area (Å²) in [5.74, 6) is -1.27. The Bertz CT molecular complexity index is 427. The van der Waals surface area contributed by atoms with E-state index >= 15 is 0 Å². The van der Waals surface area contributed by atoms with Crippen LogP contribution < -0.4 is 5.73 Å². The van der Waals surface area contributed by atoms with Gasteiger partial charge < -0.3 is 5.73 Å². The van der Waals surface area contributed by atoms with E-state index < -0.39 is 17.6 Å². The molecular weight excluding hydrogens is 239 g/mol. The van der Waals surface area contributed by atoms with Gasteiger partial charge in [-0.1, -0.05) is 36.2 Å². The summed E-state index contributed by atoms with van der Waals surface area (Å²) in [4.78, 5) is 0. The Kier molecular flexibility index (Phi) is 3.41. The average Bonchev–Trinajstić information content (AvgIpc) is 2.28. The van der Waals surface area contributed by atoms with E-state index in [1.807, 2.05) is 31.2 Å². The van der Waals surface area contributed by atoms with Gasteiger partial charge in [-0.25, -0.2) is 0 Å². The Labute approximate surface area is 105 Å². The van der Waals surface area contributed by atoms with E-state index in [4.69, 9.17) is 5.73 Å². The van der Waals surface area contributed by atoms with Crippen LogP contribution in [0.5, 0.6) is 0 Å². The van der Waals surface area contributed by atoms with Crippen LogP contribution in [0.25, 0.3) is 0 Å². The van der Waals surface area contributed by atoms with Gasteiger partial charge in [-0.05, 0) is 31.7 Å². The van der Waals surface area contributed by atoms with Crippen molar-refractivity contribution in [3.63, 3.8) is 0 Å². The fourth-order valence-corrected chi connectivity index (χ4v) is 2.80. The molecule has 0 saturated heterocycles. The van der Waals surface area contributed by atoms with Gasteiger partial charge in [-0.2, -0.15) is 13.2 Å². The topological polar surface area (TPSA) is 26.0 Å². The second-order valence-corrected chi connectivity index (χ2v) is 5.36. The third-order valence-electron chi connectivity index (χ3n) is 3.84. The normalized spacial score (nSPS) is 29.3. The largest absolute Gasteiger partial charge is 0.391 e. The molecule has 1 aliphatic carbocycles. The number of halogens is 3. The van der Waals surface area contributed by atoms with Crippen molar-refractivity contribution >= 4 is 0 Å². The smallest absolute Gasteiger partial charge is 0.321 e. The minimum Gasteiger partial charge on any atom is -0.321 e. The Morgan fingerprint density at radius 3 is 2.67 bits per heavy atom. The quantitative estimate of drug-likeness (QED) is 0.811. The second-order valence-electron chi connectivity index (χ2n) is 5.36. The number of rotatable bonds is 1. The lowest BCUT2D eigenvalue weighted by atomic mass is 9.72. The highest BCUT2D eigenvalue weighted by molar-refractivity contribution is 5.29. The number of aryl methyl sites for hydroxylation is 1. The molecule has 0 spiro atoms. The molecule has 1 aliphatic rings. The lowest BCUT2D eigenvalue weighted by molar-refractivity contribution is -0.187. The molecule has 1 aromatic rings. The van der Waals surface area contributed by atoms with Crippen LogP contribution >= 0.6 is 0 Å².